The number of likely N-dealkylation sites (N-methyl/N-ethyl adjacent to an activating group) is 1. The van der Waals surface area contributed by atoms with Crippen molar-refractivity contribution in [2.45, 2.75) is 6.61 Å². The highest BCUT2D eigenvalue weighted by atomic mass is 16.5. The van der Waals surface area contributed by atoms with Gasteiger partial charge in [0.1, 0.15) is 6.61 Å². The molecule has 5 nitrogen and oxygen atoms in total. The SMILES string of the molecule is COc1cc(C#CC(=O)N(C)CC=Cc2ccccc2)cc(OC)c1OCc1ccccc1. The van der Waals surface area contributed by atoms with Crippen molar-refractivity contribution in [3.8, 4) is 29.1 Å². The van der Waals surface area contributed by atoms with Gasteiger partial charge in [-0.25, -0.2) is 0 Å². The molecule has 0 bridgehead atoms. The van der Waals surface area contributed by atoms with E-state index >= 15 is 0 Å². The van der Waals surface area contributed by atoms with E-state index in [-0.39, 0.29) is 5.91 Å². The maximum absolute atomic E-state index is 12.4. The Morgan fingerprint density at radius 1 is 0.939 bits per heavy atom. The summed E-state index contributed by atoms with van der Waals surface area (Å²) in [7, 11) is 4.83. The zero-order valence-corrected chi connectivity index (χ0v) is 19.1. The van der Waals surface area contributed by atoms with Crippen molar-refractivity contribution in [2.75, 3.05) is 27.8 Å². The molecule has 0 N–H and O–H groups in total. The Labute approximate surface area is 195 Å². The largest absolute Gasteiger partial charge is 0.493 e. The number of methoxy groups -OCH3 is 2. The molecule has 1 amide bonds. The van der Waals surface area contributed by atoms with Crippen LogP contribution in [0.3, 0.4) is 0 Å². The number of ether oxygens (including phenoxy) is 3. The molecule has 0 atom stereocenters. The Balaban J connectivity index is 1.69. The number of amides is 1. The molecular weight excluding hydrogens is 414 g/mol. The summed E-state index contributed by atoms with van der Waals surface area (Å²) in [5.74, 6) is 6.76. The second-order valence-electron chi connectivity index (χ2n) is 7.23. The van der Waals surface area contributed by atoms with Crippen LogP contribution in [0.4, 0.5) is 0 Å². The van der Waals surface area contributed by atoms with Crippen LogP contribution in [0, 0.1) is 11.8 Å². The molecule has 0 unspecified atom stereocenters. The summed E-state index contributed by atoms with van der Waals surface area (Å²) in [5, 5.41) is 0. The van der Waals surface area contributed by atoms with Gasteiger partial charge >= 0.3 is 0 Å². The lowest BCUT2D eigenvalue weighted by atomic mass is 10.1. The minimum absolute atomic E-state index is 0.282. The fraction of sp³-hybridized carbons (Fsp3) is 0.179. The van der Waals surface area contributed by atoms with Gasteiger partial charge in [0.2, 0.25) is 5.75 Å². The minimum atomic E-state index is -0.282. The van der Waals surface area contributed by atoms with Crippen molar-refractivity contribution in [3.63, 3.8) is 0 Å². The van der Waals surface area contributed by atoms with Gasteiger partial charge in [-0.1, -0.05) is 78.7 Å². The van der Waals surface area contributed by atoms with E-state index in [1.54, 1.807) is 38.3 Å². The van der Waals surface area contributed by atoms with Gasteiger partial charge in [0.15, 0.2) is 11.5 Å². The third kappa shape index (κ3) is 6.91. The Kier molecular flexibility index (Phi) is 8.55. The monoisotopic (exact) mass is 441 g/mol. The summed E-state index contributed by atoms with van der Waals surface area (Å²) < 4.78 is 16.9. The van der Waals surface area contributed by atoms with Crippen LogP contribution in [0.2, 0.25) is 0 Å². The first-order valence-electron chi connectivity index (χ1n) is 10.5. The second-order valence-corrected chi connectivity index (χ2v) is 7.23. The molecule has 0 fully saturated rings. The molecule has 0 spiro atoms. The molecule has 33 heavy (non-hydrogen) atoms. The van der Waals surface area contributed by atoms with Crippen molar-refractivity contribution < 1.29 is 19.0 Å². The van der Waals surface area contributed by atoms with E-state index in [9.17, 15) is 4.79 Å². The quantitative estimate of drug-likeness (QED) is 0.471. The number of nitrogens with zero attached hydrogens (tertiary/aromatic N) is 1. The number of rotatable bonds is 8. The summed E-state index contributed by atoms with van der Waals surface area (Å²) in [6, 6.07) is 23.2. The zero-order chi connectivity index (χ0) is 23.5. The summed E-state index contributed by atoms with van der Waals surface area (Å²) in [6.45, 7) is 0.833. The highest BCUT2D eigenvalue weighted by Crippen LogP contribution is 2.38. The fourth-order valence-corrected chi connectivity index (χ4v) is 3.04. The molecule has 0 aliphatic rings. The van der Waals surface area contributed by atoms with Crippen LogP contribution in [-0.2, 0) is 11.4 Å². The van der Waals surface area contributed by atoms with Crippen LogP contribution in [0.15, 0.2) is 78.9 Å². The Morgan fingerprint density at radius 2 is 1.55 bits per heavy atom. The van der Waals surface area contributed by atoms with Crippen LogP contribution in [0.25, 0.3) is 6.08 Å². The van der Waals surface area contributed by atoms with E-state index in [2.05, 4.69) is 11.8 Å². The fourth-order valence-electron chi connectivity index (χ4n) is 3.04. The molecular formula is C28H27NO4. The van der Waals surface area contributed by atoms with Gasteiger partial charge in [-0.15, -0.1) is 0 Å². The van der Waals surface area contributed by atoms with E-state index < -0.39 is 0 Å². The van der Waals surface area contributed by atoms with Crippen LogP contribution in [-0.4, -0.2) is 38.6 Å². The number of carbonyl (C=O) groups excluding carboxylic acids is 1. The summed E-state index contributed by atoms with van der Waals surface area (Å²) in [6.07, 6.45) is 3.90. The first-order chi connectivity index (χ1) is 16.1. The normalized spacial score (nSPS) is 10.3. The third-order valence-electron chi connectivity index (χ3n) is 4.84. The molecule has 3 rings (SSSR count). The van der Waals surface area contributed by atoms with Crippen molar-refractivity contribution in [1.29, 1.82) is 0 Å². The van der Waals surface area contributed by atoms with E-state index in [1.807, 2.05) is 72.8 Å². The van der Waals surface area contributed by atoms with Crippen molar-refractivity contribution in [1.82, 2.24) is 4.90 Å². The lowest BCUT2D eigenvalue weighted by Crippen LogP contribution is -2.25. The van der Waals surface area contributed by atoms with Gasteiger partial charge in [-0.2, -0.15) is 0 Å². The van der Waals surface area contributed by atoms with E-state index in [0.29, 0.717) is 36.0 Å². The van der Waals surface area contributed by atoms with Crippen LogP contribution >= 0.6 is 0 Å². The lowest BCUT2D eigenvalue weighted by molar-refractivity contribution is -0.123. The van der Waals surface area contributed by atoms with Crippen LogP contribution < -0.4 is 14.2 Å². The van der Waals surface area contributed by atoms with Crippen molar-refractivity contribution >= 4 is 12.0 Å². The second kappa shape index (κ2) is 12.0. The standard InChI is InChI=1S/C28H27NO4/c1-29(18-10-15-22-11-6-4-7-12-22)27(30)17-16-24-19-25(31-2)28(26(20-24)32-3)33-21-23-13-8-5-9-14-23/h4-15,19-20H,18,21H2,1-3H3. The maximum Gasteiger partial charge on any atom is 0.298 e. The third-order valence-corrected chi connectivity index (χ3v) is 4.84. The molecule has 0 saturated carbocycles. The highest BCUT2D eigenvalue weighted by Gasteiger charge is 2.14. The van der Waals surface area contributed by atoms with Gasteiger partial charge in [0.05, 0.1) is 14.2 Å². The summed E-state index contributed by atoms with van der Waals surface area (Å²) in [5.41, 5.74) is 2.70. The van der Waals surface area contributed by atoms with Crippen LogP contribution in [0.1, 0.15) is 16.7 Å². The molecule has 0 aliphatic carbocycles. The maximum atomic E-state index is 12.4. The van der Waals surface area contributed by atoms with Gasteiger partial charge in [0, 0.05) is 25.1 Å². The van der Waals surface area contributed by atoms with Gasteiger partial charge in [-0.05, 0) is 23.3 Å². The molecule has 168 valence electrons. The average molecular weight is 442 g/mol. The predicted molar refractivity (Wildman–Crippen MR) is 130 cm³/mol. The predicted octanol–water partition coefficient (Wildman–Crippen LogP) is 4.81. The summed E-state index contributed by atoms with van der Waals surface area (Å²) in [4.78, 5) is 14.0. The Morgan fingerprint density at radius 3 is 2.15 bits per heavy atom. The first-order valence-corrected chi connectivity index (χ1v) is 10.5. The molecule has 0 aromatic heterocycles. The molecule has 0 aliphatic heterocycles. The van der Waals surface area contributed by atoms with Crippen molar-refractivity contribution in [3.05, 3.63) is 95.6 Å². The number of hydrogen-bond acceptors (Lipinski definition) is 4. The first kappa shape index (κ1) is 23.5. The van der Waals surface area contributed by atoms with Crippen LogP contribution in [0.5, 0.6) is 17.2 Å². The van der Waals surface area contributed by atoms with Crippen molar-refractivity contribution in [2.24, 2.45) is 0 Å². The molecule has 5 heteroatoms. The number of hydrogen-bond donors (Lipinski definition) is 0. The highest BCUT2D eigenvalue weighted by molar-refractivity contribution is 5.94. The van der Waals surface area contributed by atoms with Gasteiger partial charge in [0.25, 0.3) is 5.91 Å². The Hall–Kier alpha value is -4.17. The molecule has 3 aromatic carbocycles. The van der Waals surface area contributed by atoms with Gasteiger partial charge < -0.3 is 19.1 Å². The Bertz CT molecular complexity index is 1120. The molecule has 0 radical (unpaired) electrons. The average Bonchev–Trinajstić information content (AvgIpc) is 2.86. The van der Waals surface area contributed by atoms with Gasteiger partial charge in [-0.3, -0.25) is 4.79 Å². The minimum Gasteiger partial charge on any atom is -0.493 e. The van der Waals surface area contributed by atoms with E-state index in [4.69, 9.17) is 14.2 Å². The van der Waals surface area contributed by atoms with E-state index in [1.165, 1.54) is 0 Å². The topological polar surface area (TPSA) is 48.0 Å². The lowest BCUT2D eigenvalue weighted by Gasteiger charge is -2.15. The molecule has 3 aromatic rings. The number of benzene rings is 3. The zero-order valence-electron chi connectivity index (χ0n) is 19.1. The number of carbonyl (C=O) groups is 1. The summed E-state index contributed by atoms with van der Waals surface area (Å²) >= 11 is 0. The molecule has 0 saturated heterocycles. The molecule has 0 heterocycles. The van der Waals surface area contributed by atoms with E-state index in [0.717, 1.165) is 11.1 Å². The smallest absolute Gasteiger partial charge is 0.298 e.